The van der Waals surface area contributed by atoms with Gasteiger partial charge in [-0.05, 0) is 48.7 Å². The number of carboxylic acid groups (broad SMARTS) is 1. The minimum Gasteiger partial charge on any atom is -0.477 e. The van der Waals surface area contributed by atoms with E-state index in [9.17, 15) is 9.90 Å². The standard InChI is InChI=1S/C21H16N4O2S3/c1-28-20-16(11-18(30-20)19(26)27)17-12-29-21(23-17)22-13-7-9-15(10-8-13)25-24-14-5-3-2-4-6-14/h2-12H,1H3,(H,22,23)(H,26,27). The van der Waals surface area contributed by atoms with Crippen LogP contribution in [0.15, 0.2) is 80.5 Å². The number of rotatable bonds is 7. The van der Waals surface area contributed by atoms with Crippen molar-refractivity contribution in [2.24, 2.45) is 10.2 Å². The maximum atomic E-state index is 11.3. The number of thioether (sulfide) groups is 1. The summed E-state index contributed by atoms with van der Waals surface area (Å²) in [6, 6.07) is 18.9. The molecule has 2 aromatic carbocycles. The second-order valence-electron chi connectivity index (χ2n) is 6.07. The summed E-state index contributed by atoms with van der Waals surface area (Å²) in [6.07, 6.45) is 1.93. The molecule has 0 amide bonds. The second-order valence-corrected chi connectivity index (χ2v) is 9.05. The summed E-state index contributed by atoms with van der Waals surface area (Å²) in [5, 5.41) is 23.6. The highest BCUT2D eigenvalue weighted by Gasteiger charge is 2.17. The van der Waals surface area contributed by atoms with Gasteiger partial charge in [-0.2, -0.15) is 10.2 Å². The van der Waals surface area contributed by atoms with E-state index in [4.69, 9.17) is 0 Å². The predicted molar refractivity (Wildman–Crippen MR) is 125 cm³/mol. The molecule has 2 heterocycles. The first-order chi connectivity index (χ1) is 14.6. The van der Waals surface area contributed by atoms with Crippen LogP contribution in [-0.2, 0) is 0 Å². The molecule has 0 aliphatic heterocycles. The Morgan fingerprint density at radius 1 is 1.07 bits per heavy atom. The second kappa shape index (κ2) is 9.21. The maximum Gasteiger partial charge on any atom is 0.345 e. The van der Waals surface area contributed by atoms with E-state index in [0.717, 1.165) is 37.7 Å². The van der Waals surface area contributed by atoms with Gasteiger partial charge in [0.2, 0.25) is 0 Å². The first-order valence-electron chi connectivity index (χ1n) is 8.83. The molecular weight excluding hydrogens is 436 g/mol. The van der Waals surface area contributed by atoms with E-state index in [1.807, 2.05) is 66.2 Å². The quantitative estimate of drug-likeness (QED) is 0.225. The molecule has 0 saturated carbocycles. The molecule has 4 rings (SSSR count). The number of nitrogens with zero attached hydrogens (tertiary/aromatic N) is 3. The number of thiazole rings is 1. The van der Waals surface area contributed by atoms with Crippen LogP contribution in [0.5, 0.6) is 0 Å². The van der Waals surface area contributed by atoms with Crippen molar-refractivity contribution in [2.45, 2.75) is 4.21 Å². The fraction of sp³-hybridized carbons (Fsp3) is 0.0476. The number of azo groups is 1. The van der Waals surface area contributed by atoms with Crippen LogP contribution >= 0.6 is 34.4 Å². The predicted octanol–water partition coefficient (Wildman–Crippen LogP) is 7.45. The lowest BCUT2D eigenvalue weighted by atomic mass is 10.2. The lowest BCUT2D eigenvalue weighted by Gasteiger charge is -2.02. The Balaban J connectivity index is 1.46. The summed E-state index contributed by atoms with van der Waals surface area (Å²) < 4.78 is 0.942. The largest absolute Gasteiger partial charge is 0.477 e. The van der Waals surface area contributed by atoms with Crippen LogP contribution in [0.25, 0.3) is 11.3 Å². The molecule has 6 nitrogen and oxygen atoms in total. The Bertz CT molecular complexity index is 1180. The molecule has 2 aromatic heterocycles. The van der Waals surface area contributed by atoms with Gasteiger partial charge >= 0.3 is 5.97 Å². The average Bonchev–Trinajstić information content (AvgIpc) is 3.41. The topological polar surface area (TPSA) is 86.9 Å². The highest BCUT2D eigenvalue weighted by atomic mass is 32.2. The molecule has 9 heteroatoms. The Kier molecular flexibility index (Phi) is 6.22. The summed E-state index contributed by atoms with van der Waals surface area (Å²) in [6.45, 7) is 0. The fourth-order valence-electron chi connectivity index (χ4n) is 2.61. The highest BCUT2D eigenvalue weighted by molar-refractivity contribution is 8.00. The van der Waals surface area contributed by atoms with Crippen LogP contribution in [0.4, 0.5) is 22.2 Å². The number of hydrogen-bond acceptors (Lipinski definition) is 8. The van der Waals surface area contributed by atoms with Gasteiger partial charge in [-0.1, -0.05) is 18.2 Å². The van der Waals surface area contributed by atoms with Gasteiger partial charge in [-0.15, -0.1) is 34.4 Å². The van der Waals surface area contributed by atoms with E-state index in [2.05, 4.69) is 20.5 Å². The SMILES string of the molecule is CSc1sc(C(=O)O)cc1-c1csc(Nc2ccc(N=Nc3ccccc3)cc2)n1. The number of benzene rings is 2. The minimum absolute atomic E-state index is 0.317. The number of aromatic nitrogens is 1. The molecule has 150 valence electrons. The summed E-state index contributed by atoms with van der Waals surface area (Å²) in [5.41, 5.74) is 4.07. The van der Waals surface area contributed by atoms with E-state index >= 15 is 0 Å². The molecular formula is C21H16N4O2S3. The molecule has 0 radical (unpaired) electrons. The first kappa shape index (κ1) is 20.3. The van der Waals surface area contributed by atoms with Gasteiger partial charge in [0.1, 0.15) is 4.88 Å². The number of carboxylic acids is 1. The minimum atomic E-state index is -0.917. The van der Waals surface area contributed by atoms with Crippen molar-refractivity contribution in [3.63, 3.8) is 0 Å². The number of aromatic carboxylic acids is 1. The van der Waals surface area contributed by atoms with E-state index in [-0.39, 0.29) is 0 Å². The van der Waals surface area contributed by atoms with E-state index in [1.165, 1.54) is 34.4 Å². The third-order valence-electron chi connectivity index (χ3n) is 4.03. The van der Waals surface area contributed by atoms with Gasteiger partial charge in [0.15, 0.2) is 5.13 Å². The van der Waals surface area contributed by atoms with Crippen molar-refractivity contribution in [1.82, 2.24) is 4.98 Å². The van der Waals surface area contributed by atoms with E-state index < -0.39 is 5.97 Å². The van der Waals surface area contributed by atoms with Gasteiger partial charge in [-0.25, -0.2) is 9.78 Å². The lowest BCUT2D eigenvalue weighted by Crippen LogP contribution is -1.90. The van der Waals surface area contributed by atoms with Crippen molar-refractivity contribution < 1.29 is 9.90 Å². The first-order valence-corrected chi connectivity index (χ1v) is 11.8. The van der Waals surface area contributed by atoms with Crippen LogP contribution in [0, 0.1) is 0 Å². The Morgan fingerprint density at radius 2 is 1.77 bits per heavy atom. The van der Waals surface area contributed by atoms with Gasteiger partial charge in [-0.3, -0.25) is 0 Å². The van der Waals surface area contributed by atoms with Gasteiger partial charge in [0, 0.05) is 16.6 Å². The molecule has 0 spiro atoms. The van der Waals surface area contributed by atoms with Crippen molar-refractivity contribution in [2.75, 3.05) is 11.6 Å². The zero-order valence-electron chi connectivity index (χ0n) is 15.8. The van der Waals surface area contributed by atoms with Gasteiger partial charge < -0.3 is 10.4 Å². The molecule has 0 fully saturated rings. The van der Waals surface area contributed by atoms with Crippen LogP contribution in [0.2, 0.25) is 0 Å². The molecule has 0 bridgehead atoms. The normalized spacial score (nSPS) is 11.1. The molecule has 0 unspecified atom stereocenters. The molecule has 0 aliphatic rings. The van der Waals surface area contributed by atoms with Gasteiger partial charge in [0.25, 0.3) is 0 Å². The van der Waals surface area contributed by atoms with Crippen LogP contribution in [0.1, 0.15) is 9.67 Å². The van der Waals surface area contributed by atoms with Crippen molar-refractivity contribution in [3.05, 3.63) is 70.9 Å². The number of carbonyl (C=O) groups is 1. The number of hydrogen-bond donors (Lipinski definition) is 2. The van der Waals surface area contributed by atoms with Gasteiger partial charge in [0.05, 0.1) is 21.3 Å². The van der Waals surface area contributed by atoms with E-state index in [0.29, 0.717) is 4.88 Å². The maximum absolute atomic E-state index is 11.3. The molecule has 0 aliphatic carbocycles. The van der Waals surface area contributed by atoms with Crippen LogP contribution in [-0.4, -0.2) is 22.3 Å². The lowest BCUT2D eigenvalue weighted by molar-refractivity contribution is 0.0702. The zero-order chi connectivity index (χ0) is 20.9. The molecule has 0 saturated heterocycles. The molecule has 30 heavy (non-hydrogen) atoms. The summed E-state index contributed by atoms with van der Waals surface area (Å²) >= 11 is 4.27. The average molecular weight is 453 g/mol. The zero-order valence-corrected chi connectivity index (χ0v) is 18.2. The third kappa shape index (κ3) is 4.76. The molecule has 4 aromatic rings. The summed E-state index contributed by atoms with van der Waals surface area (Å²) in [7, 11) is 0. The Hall–Kier alpha value is -3.01. The smallest absolute Gasteiger partial charge is 0.345 e. The summed E-state index contributed by atoms with van der Waals surface area (Å²) in [4.78, 5) is 16.2. The van der Waals surface area contributed by atoms with Crippen molar-refractivity contribution in [3.8, 4) is 11.3 Å². The number of nitrogens with one attached hydrogen (secondary N) is 1. The van der Waals surface area contributed by atoms with Crippen LogP contribution < -0.4 is 5.32 Å². The molecule has 0 atom stereocenters. The highest BCUT2D eigenvalue weighted by Crippen LogP contribution is 2.39. The van der Waals surface area contributed by atoms with Crippen molar-refractivity contribution >= 4 is 62.6 Å². The Labute approximate surface area is 185 Å². The summed E-state index contributed by atoms with van der Waals surface area (Å²) in [5.74, 6) is -0.917. The third-order valence-corrected chi connectivity index (χ3v) is 7.05. The number of thiophene rings is 1. The van der Waals surface area contributed by atoms with E-state index in [1.54, 1.807) is 6.07 Å². The van der Waals surface area contributed by atoms with Crippen LogP contribution in [0.3, 0.4) is 0 Å². The molecule has 2 N–H and O–H groups in total. The van der Waals surface area contributed by atoms with Crippen molar-refractivity contribution in [1.29, 1.82) is 0 Å². The number of anilines is 2. The Morgan fingerprint density at radius 3 is 2.43 bits per heavy atom. The fourth-order valence-corrected chi connectivity index (χ4v) is 5.06. The monoisotopic (exact) mass is 452 g/mol.